The molecule has 0 unspecified atom stereocenters. The van der Waals surface area contributed by atoms with Gasteiger partial charge in [0.05, 0.1) is 22.3 Å². The highest BCUT2D eigenvalue weighted by molar-refractivity contribution is 6.08. The smallest absolute Gasteiger partial charge is 0.337 e. The molecule has 2 heterocycles. The van der Waals surface area contributed by atoms with Crippen LogP contribution in [-0.4, -0.2) is 27.4 Å². The van der Waals surface area contributed by atoms with Crippen LogP contribution >= 0.6 is 0 Å². The van der Waals surface area contributed by atoms with E-state index >= 15 is 0 Å². The van der Waals surface area contributed by atoms with Crippen molar-refractivity contribution in [2.24, 2.45) is 7.05 Å². The van der Waals surface area contributed by atoms with Gasteiger partial charge in [-0.3, -0.25) is 14.6 Å². The summed E-state index contributed by atoms with van der Waals surface area (Å²) in [5, 5.41) is 0.526. The molecule has 0 aliphatic heterocycles. The van der Waals surface area contributed by atoms with E-state index in [1.165, 1.54) is 24.9 Å². The van der Waals surface area contributed by atoms with Crippen LogP contribution in [0.2, 0.25) is 0 Å². The summed E-state index contributed by atoms with van der Waals surface area (Å²) in [6.07, 6.45) is -8.58. The van der Waals surface area contributed by atoms with Gasteiger partial charge in [-0.05, 0) is 42.0 Å². The standard InChI is InChI=1S/C26H19F6N3O2/c1-34(14-15-11-16(25(27,28)29)13-17(12-15)26(30,31)32)23(36)22-21(19-8-5-6-10-33-19)18-7-3-4-9-20(18)35(2)24(22)37/h3-13H,14H2,1-2H3. The number of pyridine rings is 2. The van der Waals surface area contributed by atoms with Crippen LogP contribution in [-0.2, 0) is 25.9 Å². The first kappa shape index (κ1) is 25.9. The van der Waals surface area contributed by atoms with E-state index in [-0.39, 0.29) is 17.2 Å². The number of fused-ring (bicyclic) bond motifs is 1. The molecule has 4 rings (SSSR count). The van der Waals surface area contributed by atoms with Crippen LogP contribution in [0, 0.1) is 0 Å². The summed E-state index contributed by atoms with van der Waals surface area (Å²) in [5.74, 6) is -0.877. The Balaban J connectivity index is 1.85. The Hall–Kier alpha value is -4.15. The predicted molar refractivity (Wildman–Crippen MR) is 125 cm³/mol. The third-order valence-corrected chi connectivity index (χ3v) is 5.85. The molecule has 4 aromatic rings. The number of hydrogen-bond donors (Lipinski definition) is 0. The van der Waals surface area contributed by atoms with Crippen molar-refractivity contribution >= 4 is 16.8 Å². The summed E-state index contributed by atoms with van der Waals surface area (Å²) in [6, 6.07) is 12.8. The van der Waals surface area contributed by atoms with Gasteiger partial charge in [0.25, 0.3) is 11.5 Å². The fraction of sp³-hybridized carbons (Fsp3) is 0.192. The lowest BCUT2D eigenvalue weighted by Crippen LogP contribution is -2.34. The van der Waals surface area contributed by atoms with Crippen molar-refractivity contribution in [2.75, 3.05) is 7.05 Å². The largest absolute Gasteiger partial charge is 0.416 e. The molecule has 0 aliphatic carbocycles. The lowest BCUT2D eigenvalue weighted by atomic mass is 9.98. The Morgan fingerprint density at radius 3 is 2.08 bits per heavy atom. The molecule has 0 spiro atoms. The number of halogens is 6. The van der Waals surface area contributed by atoms with Crippen LogP contribution in [0.1, 0.15) is 27.0 Å². The van der Waals surface area contributed by atoms with Crippen LogP contribution in [0.15, 0.2) is 71.7 Å². The van der Waals surface area contributed by atoms with Gasteiger partial charge in [-0.15, -0.1) is 0 Å². The number of benzene rings is 2. The molecule has 0 N–H and O–H groups in total. The molecule has 2 aromatic heterocycles. The first-order valence-corrected chi connectivity index (χ1v) is 10.9. The van der Waals surface area contributed by atoms with Gasteiger partial charge in [-0.1, -0.05) is 24.3 Å². The number of aryl methyl sites for hydroxylation is 1. The van der Waals surface area contributed by atoms with E-state index in [2.05, 4.69) is 4.98 Å². The molecular weight excluding hydrogens is 500 g/mol. The SMILES string of the molecule is CN(Cc1cc(C(F)(F)F)cc(C(F)(F)F)c1)C(=O)c1c(-c2ccccn2)c2ccccc2n(C)c1=O. The highest BCUT2D eigenvalue weighted by atomic mass is 19.4. The van der Waals surface area contributed by atoms with E-state index in [0.717, 1.165) is 4.90 Å². The summed E-state index contributed by atoms with van der Waals surface area (Å²) < 4.78 is 81.0. The molecule has 5 nitrogen and oxygen atoms in total. The molecule has 0 atom stereocenters. The highest BCUT2D eigenvalue weighted by Gasteiger charge is 2.37. The molecule has 0 aliphatic rings. The minimum atomic E-state index is -5.03. The van der Waals surface area contributed by atoms with Gasteiger partial charge >= 0.3 is 12.4 Å². The van der Waals surface area contributed by atoms with Crippen molar-refractivity contribution in [2.45, 2.75) is 18.9 Å². The summed E-state index contributed by atoms with van der Waals surface area (Å²) in [4.78, 5) is 32.1. The number of nitrogens with zero attached hydrogens (tertiary/aromatic N) is 3. The van der Waals surface area contributed by atoms with Crippen molar-refractivity contribution in [3.8, 4) is 11.3 Å². The van der Waals surface area contributed by atoms with Crippen molar-refractivity contribution in [1.29, 1.82) is 0 Å². The van der Waals surface area contributed by atoms with Crippen molar-refractivity contribution in [1.82, 2.24) is 14.5 Å². The van der Waals surface area contributed by atoms with Crippen molar-refractivity contribution in [3.05, 3.63) is 99.5 Å². The van der Waals surface area contributed by atoms with Gasteiger partial charge in [-0.2, -0.15) is 26.3 Å². The quantitative estimate of drug-likeness (QED) is 0.315. The lowest BCUT2D eigenvalue weighted by Gasteiger charge is -2.22. The fourth-order valence-corrected chi connectivity index (χ4v) is 4.12. The molecule has 0 bridgehead atoms. The third kappa shape index (κ3) is 5.07. The molecule has 11 heteroatoms. The number of carbonyl (C=O) groups excluding carboxylic acids is 1. The van der Waals surface area contributed by atoms with Crippen LogP contribution < -0.4 is 5.56 Å². The van der Waals surface area contributed by atoms with Gasteiger partial charge in [0.15, 0.2) is 0 Å². The van der Waals surface area contributed by atoms with E-state index in [1.54, 1.807) is 42.5 Å². The molecular formula is C26H19F6N3O2. The van der Waals surface area contributed by atoms with Crippen LogP contribution in [0.5, 0.6) is 0 Å². The Bertz CT molecular complexity index is 1510. The third-order valence-electron chi connectivity index (χ3n) is 5.85. The van der Waals surface area contributed by atoms with E-state index in [9.17, 15) is 35.9 Å². The predicted octanol–water partition coefficient (Wildman–Crippen LogP) is 5.91. The topological polar surface area (TPSA) is 55.2 Å². The second-order valence-electron chi connectivity index (χ2n) is 8.42. The fourth-order valence-electron chi connectivity index (χ4n) is 4.12. The number of para-hydroxylation sites is 1. The lowest BCUT2D eigenvalue weighted by molar-refractivity contribution is -0.143. The second-order valence-corrected chi connectivity index (χ2v) is 8.42. The van der Waals surface area contributed by atoms with Gasteiger partial charge in [-0.25, -0.2) is 0 Å². The summed E-state index contributed by atoms with van der Waals surface area (Å²) in [6.45, 7) is -0.608. The van der Waals surface area contributed by atoms with Crippen LogP contribution in [0.3, 0.4) is 0 Å². The molecule has 1 amide bonds. The molecule has 0 fully saturated rings. The Labute approximate surface area is 206 Å². The summed E-state index contributed by atoms with van der Waals surface area (Å²) in [5.41, 5.74) is -3.32. The van der Waals surface area contributed by atoms with Gasteiger partial charge in [0.2, 0.25) is 0 Å². The molecule has 37 heavy (non-hydrogen) atoms. The van der Waals surface area contributed by atoms with E-state index in [0.29, 0.717) is 28.7 Å². The maximum atomic E-state index is 13.6. The van der Waals surface area contributed by atoms with E-state index < -0.39 is 47.1 Å². The zero-order chi connectivity index (χ0) is 27.1. The maximum absolute atomic E-state index is 13.6. The highest BCUT2D eigenvalue weighted by Crippen LogP contribution is 2.37. The monoisotopic (exact) mass is 519 g/mol. The number of aromatic nitrogens is 2. The molecule has 192 valence electrons. The number of hydrogen-bond acceptors (Lipinski definition) is 3. The summed E-state index contributed by atoms with van der Waals surface area (Å²) in [7, 11) is 2.67. The van der Waals surface area contributed by atoms with Crippen molar-refractivity contribution in [3.63, 3.8) is 0 Å². The van der Waals surface area contributed by atoms with Gasteiger partial charge < -0.3 is 9.47 Å². The molecule has 0 radical (unpaired) electrons. The molecule has 2 aromatic carbocycles. The first-order chi connectivity index (χ1) is 17.3. The number of rotatable bonds is 4. The normalized spacial score (nSPS) is 12.1. The minimum absolute atomic E-state index is 0.0174. The summed E-state index contributed by atoms with van der Waals surface area (Å²) >= 11 is 0. The zero-order valence-corrected chi connectivity index (χ0v) is 19.5. The molecule has 0 saturated heterocycles. The Morgan fingerprint density at radius 1 is 0.919 bits per heavy atom. The number of alkyl halides is 6. The first-order valence-electron chi connectivity index (χ1n) is 10.9. The van der Waals surface area contributed by atoms with Crippen molar-refractivity contribution < 1.29 is 31.1 Å². The average molecular weight is 519 g/mol. The number of carbonyl (C=O) groups is 1. The van der Waals surface area contributed by atoms with Gasteiger partial charge in [0.1, 0.15) is 5.56 Å². The minimum Gasteiger partial charge on any atom is -0.337 e. The van der Waals surface area contributed by atoms with E-state index in [4.69, 9.17) is 0 Å². The zero-order valence-electron chi connectivity index (χ0n) is 19.5. The maximum Gasteiger partial charge on any atom is 0.416 e. The molecule has 0 saturated carbocycles. The van der Waals surface area contributed by atoms with Gasteiger partial charge in [0, 0.05) is 37.8 Å². The second kappa shape index (κ2) is 9.38. The Kier molecular flexibility index (Phi) is 6.57. The average Bonchev–Trinajstić information content (AvgIpc) is 2.85. The number of amides is 1. The van der Waals surface area contributed by atoms with E-state index in [1.807, 2.05) is 0 Å². The Morgan fingerprint density at radius 2 is 1.51 bits per heavy atom. The van der Waals surface area contributed by atoms with Crippen LogP contribution in [0.25, 0.3) is 22.2 Å². The van der Waals surface area contributed by atoms with Crippen LogP contribution in [0.4, 0.5) is 26.3 Å².